The van der Waals surface area contributed by atoms with E-state index in [-0.39, 0.29) is 5.57 Å². The fraction of sp³-hybridized carbons (Fsp3) is 0.192. The molecule has 32 heavy (non-hydrogen) atoms. The molecule has 0 spiro atoms. The zero-order valence-electron chi connectivity index (χ0n) is 18.4. The monoisotopic (exact) mass is 423 g/mol. The van der Waals surface area contributed by atoms with Crippen molar-refractivity contribution in [3.63, 3.8) is 0 Å². The molecule has 0 aliphatic carbocycles. The molecule has 2 aromatic heterocycles. The number of fused-ring (bicyclic) bond motifs is 1. The Kier molecular flexibility index (Phi) is 5.91. The van der Waals surface area contributed by atoms with Crippen molar-refractivity contribution in [2.75, 3.05) is 5.32 Å². The first-order valence-electron chi connectivity index (χ1n) is 10.7. The van der Waals surface area contributed by atoms with E-state index < -0.39 is 5.91 Å². The molecule has 0 aliphatic rings. The number of anilines is 1. The van der Waals surface area contributed by atoms with Crippen LogP contribution in [0.1, 0.15) is 30.3 Å². The number of para-hydroxylation sites is 3. The molecule has 0 bridgehead atoms. The van der Waals surface area contributed by atoms with Gasteiger partial charge in [-0.05, 0) is 62.2 Å². The molecule has 0 saturated carbocycles. The normalized spacial score (nSPS) is 11.5. The fourth-order valence-corrected chi connectivity index (χ4v) is 3.91. The van der Waals surface area contributed by atoms with E-state index in [2.05, 4.69) is 32.8 Å². The average molecular weight is 424 g/mol. The third kappa shape index (κ3) is 4.06. The molecule has 0 atom stereocenters. The maximum absolute atomic E-state index is 13.0. The summed E-state index contributed by atoms with van der Waals surface area (Å²) in [6.45, 7) is 7.08. The molecule has 6 heteroatoms. The van der Waals surface area contributed by atoms with Crippen LogP contribution < -0.4 is 5.32 Å². The van der Waals surface area contributed by atoms with Crippen molar-refractivity contribution in [1.82, 2.24) is 14.5 Å². The largest absolute Gasteiger partial charge is 0.349 e. The Balaban J connectivity index is 1.65. The summed E-state index contributed by atoms with van der Waals surface area (Å²) in [5.41, 5.74) is 6.22. The third-order valence-electron chi connectivity index (χ3n) is 5.54. The highest BCUT2D eigenvalue weighted by Gasteiger charge is 2.16. The number of nitrogens with zero attached hydrogens (tertiary/aromatic N) is 3. The quantitative estimate of drug-likeness (QED) is 0.312. The van der Waals surface area contributed by atoms with Crippen molar-refractivity contribution >= 4 is 28.7 Å². The minimum Gasteiger partial charge on any atom is -0.349 e. The van der Waals surface area contributed by atoms with Crippen LogP contribution in [0.25, 0.3) is 28.5 Å². The number of aromatic nitrogens is 3. The average Bonchev–Trinajstić information content (AvgIpc) is 3.34. The van der Waals surface area contributed by atoms with E-state index in [1.165, 1.54) is 0 Å². The van der Waals surface area contributed by atoms with E-state index in [0.717, 1.165) is 46.5 Å². The van der Waals surface area contributed by atoms with Crippen molar-refractivity contribution in [2.24, 2.45) is 0 Å². The highest BCUT2D eigenvalue weighted by atomic mass is 16.1. The molecule has 4 rings (SSSR count). The molecular weight excluding hydrogens is 398 g/mol. The Hall–Kier alpha value is -4.11. The fourth-order valence-electron chi connectivity index (χ4n) is 3.91. The second-order valence-corrected chi connectivity index (χ2v) is 7.75. The lowest BCUT2D eigenvalue weighted by molar-refractivity contribution is -0.112. The maximum Gasteiger partial charge on any atom is 0.266 e. The van der Waals surface area contributed by atoms with E-state index in [1.54, 1.807) is 6.08 Å². The van der Waals surface area contributed by atoms with Gasteiger partial charge in [-0.2, -0.15) is 5.26 Å². The second kappa shape index (κ2) is 8.94. The molecule has 160 valence electrons. The number of nitriles is 1. The number of carbonyl (C=O) groups is 1. The van der Waals surface area contributed by atoms with Gasteiger partial charge in [0, 0.05) is 23.5 Å². The highest BCUT2D eigenvalue weighted by Crippen LogP contribution is 2.28. The van der Waals surface area contributed by atoms with E-state index >= 15 is 0 Å². The van der Waals surface area contributed by atoms with Crippen molar-refractivity contribution < 1.29 is 4.79 Å². The van der Waals surface area contributed by atoms with Crippen LogP contribution in [0.2, 0.25) is 0 Å². The lowest BCUT2D eigenvalue weighted by Gasteiger charge is -2.09. The number of carbonyl (C=O) groups excluding carboxylic acids is 1. The Morgan fingerprint density at radius 3 is 2.69 bits per heavy atom. The summed E-state index contributed by atoms with van der Waals surface area (Å²) in [5.74, 6) is 0.212. The maximum atomic E-state index is 13.0. The summed E-state index contributed by atoms with van der Waals surface area (Å²) in [5, 5.41) is 12.6. The van der Waals surface area contributed by atoms with Gasteiger partial charge in [-0.1, -0.05) is 31.2 Å². The van der Waals surface area contributed by atoms with Gasteiger partial charge in [-0.3, -0.25) is 4.79 Å². The Labute approximate surface area is 187 Å². The standard InChI is InChI=1S/C26H25N5O/c1-4-13-31-17(2)14-19(18(31)3)15-20(16-27)26(32)30-22-10-6-5-9-21(22)25-28-23-11-7-8-12-24(23)29-25/h5-12,14-15H,4,13H2,1-3H3,(H,28,29)(H,30,32)/b20-15-. The predicted octanol–water partition coefficient (Wildman–Crippen LogP) is 5.60. The van der Waals surface area contributed by atoms with E-state index in [9.17, 15) is 10.1 Å². The lowest BCUT2D eigenvalue weighted by atomic mass is 10.1. The molecule has 2 heterocycles. The second-order valence-electron chi connectivity index (χ2n) is 7.75. The summed E-state index contributed by atoms with van der Waals surface area (Å²) in [6.07, 6.45) is 2.68. The van der Waals surface area contributed by atoms with Crippen molar-refractivity contribution in [2.45, 2.75) is 33.7 Å². The van der Waals surface area contributed by atoms with E-state index in [4.69, 9.17) is 0 Å². The molecule has 6 nitrogen and oxygen atoms in total. The smallest absolute Gasteiger partial charge is 0.266 e. The zero-order valence-corrected chi connectivity index (χ0v) is 18.4. The number of benzene rings is 2. The third-order valence-corrected chi connectivity index (χ3v) is 5.54. The Morgan fingerprint density at radius 1 is 1.19 bits per heavy atom. The molecule has 0 saturated heterocycles. The van der Waals surface area contributed by atoms with Gasteiger partial charge in [0.2, 0.25) is 0 Å². The minimum absolute atomic E-state index is 0.0566. The number of hydrogen-bond acceptors (Lipinski definition) is 3. The van der Waals surface area contributed by atoms with E-state index in [1.807, 2.05) is 68.4 Å². The van der Waals surface area contributed by atoms with Gasteiger partial charge in [0.1, 0.15) is 17.5 Å². The highest BCUT2D eigenvalue weighted by molar-refractivity contribution is 6.11. The molecule has 0 radical (unpaired) electrons. The van der Waals surface area contributed by atoms with Gasteiger partial charge in [0.05, 0.1) is 16.7 Å². The molecule has 4 aromatic rings. The number of H-pyrrole nitrogens is 1. The van der Waals surface area contributed by atoms with Crippen LogP contribution in [-0.2, 0) is 11.3 Å². The first kappa shape index (κ1) is 21.1. The number of aryl methyl sites for hydroxylation is 1. The molecule has 2 aromatic carbocycles. The first-order chi connectivity index (χ1) is 15.5. The number of hydrogen-bond donors (Lipinski definition) is 2. The van der Waals surface area contributed by atoms with Crippen LogP contribution in [0.3, 0.4) is 0 Å². The van der Waals surface area contributed by atoms with E-state index in [0.29, 0.717) is 11.5 Å². The Morgan fingerprint density at radius 2 is 1.94 bits per heavy atom. The number of imidazole rings is 1. The van der Waals surface area contributed by atoms with Crippen LogP contribution in [0, 0.1) is 25.2 Å². The van der Waals surface area contributed by atoms with Gasteiger partial charge in [-0.15, -0.1) is 0 Å². The lowest BCUT2D eigenvalue weighted by Crippen LogP contribution is -2.14. The molecule has 0 fully saturated rings. The summed E-state index contributed by atoms with van der Waals surface area (Å²) in [4.78, 5) is 20.9. The minimum atomic E-state index is -0.448. The topological polar surface area (TPSA) is 86.5 Å². The Bertz CT molecular complexity index is 1330. The molecule has 0 aliphatic heterocycles. The van der Waals surface area contributed by atoms with Crippen molar-refractivity contribution in [3.8, 4) is 17.5 Å². The van der Waals surface area contributed by atoms with Crippen LogP contribution in [0.5, 0.6) is 0 Å². The number of rotatable bonds is 6. The predicted molar refractivity (Wildman–Crippen MR) is 128 cm³/mol. The van der Waals surface area contributed by atoms with Gasteiger partial charge < -0.3 is 14.9 Å². The molecule has 1 amide bonds. The van der Waals surface area contributed by atoms with Crippen molar-refractivity contribution in [1.29, 1.82) is 5.26 Å². The molecular formula is C26H25N5O. The number of nitrogens with one attached hydrogen (secondary N) is 2. The first-order valence-corrected chi connectivity index (χ1v) is 10.7. The summed E-state index contributed by atoms with van der Waals surface area (Å²) >= 11 is 0. The number of amides is 1. The van der Waals surface area contributed by atoms with Gasteiger partial charge >= 0.3 is 0 Å². The summed E-state index contributed by atoms with van der Waals surface area (Å²) in [6, 6.07) is 19.3. The SMILES string of the molecule is CCCn1c(C)cc(/C=C(/C#N)C(=O)Nc2ccccc2-c2nc3ccccc3[nH]2)c1C. The summed E-state index contributed by atoms with van der Waals surface area (Å²) in [7, 11) is 0. The summed E-state index contributed by atoms with van der Waals surface area (Å²) < 4.78 is 2.20. The van der Waals surface area contributed by atoms with Gasteiger partial charge in [0.25, 0.3) is 5.91 Å². The van der Waals surface area contributed by atoms with Crippen LogP contribution in [-0.4, -0.2) is 20.4 Å². The van der Waals surface area contributed by atoms with Gasteiger partial charge in [-0.25, -0.2) is 4.98 Å². The van der Waals surface area contributed by atoms with Crippen LogP contribution >= 0.6 is 0 Å². The van der Waals surface area contributed by atoms with Gasteiger partial charge in [0.15, 0.2) is 0 Å². The zero-order chi connectivity index (χ0) is 22.7. The van der Waals surface area contributed by atoms with Crippen LogP contribution in [0.4, 0.5) is 5.69 Å². The number of aromatic amines is 1. The molecule has 2 N–H and O–H groups in total. The van der Waals surface area contributed by atoms with Crippen molar-refractivity contribution in [3.05, 3.63) is 77.1 Å². The molecule has 0 unspecified atom stereocenters. The van der Waals surface area contributed by atoms with Crippen LogP contribution in [0.15, 0.2) is 60.2 Å².